The van der Waals surface area contributed by atoms with Crippen LogP contribution >= 0.6 is 0 Å². The Hall–Kier alpha value is -2.38. The zero-order valence-corrected chi connectivity index (χ0v) is 18.6. The van der Waals surface area contributed by atoms with Crippen molar-refractivity contribution >= 4 is 5.91 Å². The molecule has 168 valence electrons. The molecule has 2 heterocycles. The summed E-state index contributed by atoms with van der Waals surface area (Å²) in [6.45, 7) is 8.34. The molecule has 1 aliphatic heterocycles. The lowest BCUT2D eigenvalue weighted by atomic mass is 9.79. The number of benzene rings is 1. The number of carbonyl (C=O) groups is 1. The Morgan fingerprint density at radius 1 is 1.13 bits per heavy atom. The van der Waals surface area contributed by atoms with Crippen LogP contribution in [0.5, 0.6) is 5.75 Å². The Morgan fingerprint density at radius 2 is 1.84 bits per heavy atom. The minimum absolute atomic E-state index is 0.0320. The van der Waals surface area contributed by atoms with Crippen LogP contribution in [0.1, 0.15) is 59.5 Å². The average Bonchev–Trinajstić information content (AvgIpc) is 3.14. The fourth-order valence-corrected chi connectivity index (χ4v) is 4.77. The van der Waals surface area contributed by atoms with E-state index in [1.54, 1.807) is 0 Å². The molecule has 7 heteroatoms. The van der Waals surface area contributed by atoms with Crippen molar-refractivity contribution in [3.63, 3.8) is 0 Å². The highest BCUT2D eigenvalue weighted by atomic mass is 16.5. The molecule has 31 heavy (non-hydrogen) atoms. The Balaban J connectivity index is 1.34. The number of rotatable bonds is 7. The number of aryl methyl sites for hydroxylation is 2. The van der Waals surface area contributed by atoms with Gasteiger partial charge in [0, 0.05) is 30.7 Å². The molecule has 2 aromatic rings. The standard InChI is InChI=1S/C24H33N3O4/c1-18-22(19(2)31-26-18)16-30-21-8-6-20(7-9-21)23(28)25-17-24(10-4-3-5-11-24)27-12-14-29-15-13-27/h6-9H,3-5,10-17H2,1-2H3,(H,25,28). The van der Waals surface area contributed by atoms with Crippen LogP contribution in [0.2, 0.25) is 0 Å². The second kappa shape index (κ2) is 9.83. The highest BCUT2D eigenvalue weighted by molar-refractivity contribution is 5.94. The van der Waals surface area contributed by atoms with E-state index in [1.807, 2.05) is 38.1 Å². The number of nitrogens with zero attached hydrogens (tertiary/aromatic N) is 2. The zero-order chi connectivity index (χ0) is 21.7. The molecule has 1 aromatic carbocycles. The van der Waals surface area contributed by atoms with Crippen molar-refractivity contribution in [2.75, 3.05) is 32.8 Å². The van der Waals surface area contributed by atoms with Gasteiger partial charge in [0.1, 0.15) is 18.1 Å². The first-order valence-electron chi connectivity index (χ1n) is 11.3. The van der Waals surface area contributed by atoms with Gasteiger partial charge >= 0.3 is 0 Å². The SMILES string of the molecule is Cc1noc(C)c1COc1ccc(C(=O)NCC2(N3CCOCC3)CCCCC2)cc1. The van der Waals surface area contributed by atoms with Crippen LogP contribution in [-0.2, 0) is 11.3 Å². The maximum Gasteiger partial charge on any atom is 0.251 e. The summed E-state index contributed by atoms with van der Waals surface area (Å²) in [5, 5.41) is 7.16. The van der Waals surface area contributed by atoms with Crippen LogP contribution in [0, 0.1) is 13.8 Å². The third kappa shape index (κ3) is 5.10. The number of carbonyl (C=O) groups excluding carboxylic acids is 1. The summed E-state index contributed by atoms with van der Waals surface area (Å²) in [4.78, 5) is 15.4. The molecule has 0 atom stereocenters. The van der Waals surface area contributed by atoms with E-state index in [1.165, 1.54) is 19.3 Å². The van der Waals surface area contributed by atoms with Crippen LogP contribution in [0.4, 0.5) is 0 Å². The van der Waals surface area contributed by atoms with E-state index < -0.39 is 0 Å². The quantitative estimate of drug-likeness (QED) is 0.727. The highest BCUT2D eigenvalue weighted by Gasteiger charge is 2.38. The second-order valence-electron chi connectivity index (χ2n) is 8.68. The van der Waals surface area contributed by atoms with Gasteiger partial charge in [-0.1, -0.05) is 24.4 Å². The minimum atomic E-state index is -0.0320. The number of hydrogen-bond donors (Lipinski definition) is 1. The number of morpholine rings is 1. The van der Waals surface area contributed by atoms with Crippen LogP contribution in [0.15, 0.2) is 28.8 Å². The molecule has 0 radical (unpaired) electrons. The van der Waals surface area contributed by atoms with Crippen LogP contribution in [-0.4, -0.2) is 54.4 Å². The average molecular weight is 428 g/mol. The van der Waals surface area contributed by atoms with E-state index in [-0.39, 0.29) is 11.4 Å². The van der Waals surface area contributed by atoms with E-state index in [0.717, 1.165) is 56.2 Å². The van der Waals surface area contributed by atoms with Crippen molar-refractivity contribution in [2.45, 2.75) is 58.1 Å². The summed E-state index contributed by atoms with van der Waals surface area (Å²) in [5.41, 5.74) is 2.51. The molecule has 0 spiro atoms. The number of nitrogens with one attached hydrogen (secondary N) is 1. The lowest BCUT2D eigenvalue weighted by Crippen LogP contribution is -2.59. The Bertz CT molecular complexity index is 846. The third-order valence-electron chi connectivity index (χ3n) is 6.73. The van der Waals surface area contributed by atoms with Crippen molar-refractivity contribution in [1.82, 2.24) is 15.4 Å². The van der Waals surface area contributed by atoms with Gasteiger partial charge in [-0.3, -0.25) is 9.69 Å². The van der Waals surface area contributed by atoms with E-state index >= 15 is 0 Å². The number of aromatic nitrogens is 1. The van der Waals surface area contributed by atoms with Crippen LogP contribution in [0.25, 0.3) is 0 Å². The Kier molecular flexibility index (Phi) is 6.92. The van der Waals surface area contributed by atoms with Gasteiger partial charge in [-0.2, -0.15) is 0 Å². The lowest BCUT2D eigenvalue weighted by Gasteiger charge is -2.48. The topological polar surface area (TPSA) is 76.8 Å². The summed E-state index contributed by atoms with van der Waals surface area (Å²) >= 11 is 0. The highest BCUT2D eigenvalue weighted by Crippen LogP contribution is 2.34. The molecule has 2 aliphatic rings. The molecule has 0 bridgehead atoms. The van der Waals surface area contributed by atoms with Crippen molar-refractivity contribution in [3.8, 4) is 5.75 Å². The maximum absolute atomic E-state index is 12.8. The molecule has 1 saturated carbocycles. The number of hydrogen-bond acceptors (Lipinski definition) is 6. The smallest absolute Gasteiger partial charge is 0.251 e. The summed E-state index contributed by atoms with van der Waals surface area (Å²) in [7, 11) is 0. The van der Waals surface area contributed by atoms with Gasteiger partial charge in [0.15, 0.2) is 0 Å². The first-order chi connectivity index (χ1) is 15.1. The normalized spacial score (nSPS) is 19.2. The molecule has 1 saturated heterocycles. The second-order valence-corrected chi connectivity index (χ2v) is 8.68. The lowest BCUT2D eigenvalue weighted by molar-refractivity contribution is -0.0361. The van der Waals surface area contributed by atoms with Crippen LogP contribution < -0.4 is 10.1 Å². The number of ether oxygens (including phenoxy) is 2. The maximum atomic E-state index is 12.8. The van der Waals surface area contributed by atoms with Crippen molar-refractivity contribution in [1.29, 1.82) is 0 Å². The Morgan fingerprint density at radius 3 is 2.48 bits per heavy atom. The first kappa shape index (κ1) is 21.8. The predicted molar refractivity (Wildman–Crippen MR) is 117 cm³/mol. The molecule has 2 fully saturated rings. The van der Waals surface area contributed by atoms with Gasteiger partial charge in [0.05, 0.1) is 24.5 Å². The minimum Gasteiger partial charge on any atom is -0.489 e. The molecule has 1 aromatic heterocycles. The van der Waals surface area contributed by atoms with Gasteiger partial charge < -0.3 is 19.3 Å². The van der Waals surface area contributed by atoms with E-state index in [0.29, 0.717) is 24.5 Å². The first-order valence-corrected chi connectivity index (χ1v) is 11.3. The van der Waals surface area contributed by atoms with E-state index in [9.17, 15) is 4.79 Å². The van der Waals surface area contributed by atoms with Crippen molar-refractivity contribution in [3.05, 3.63) is 46.8 Å². The number of amides is 1. The largest absolute Gasteiger partial charge is 0.489 e. The van der Waals surface area contributed by atoms with E-state index in [4.69, 9.17) is 14.0 Å². The van der Waals surface area contributed by atoms with E-state index in [2.05, 4.69) is 15.4 Å². The van der Waals surface area contributed by atoms with Gasteiger partial charge in [-0.15, -0.1) is 0 Å². The van der Waals surface area contributed by atoms with Crippen LogP contribution in [0.3, 0.4) is 0 Å². The fourth-order valence-electron chi connectivity index (χ4n) is 4.77. The summed E-state index contributed by atoms with van der Waals surface area (Å²) in [6.07, 6.45) is 6.02. The molecular formula is C24H33N3O4. The monoisotopic (exact) mass is 427 g/mol. The summed E-state index contributed by atoms with van der Waals surface area (Å²) in [5.74, 6) is 1.45. The zero-order valence-electron chi connectivity index (χ0n) is 18.6. The molecule has 1 amide bonds. The molecule has 1 N–H and O–H groups in total. The van der Waals surface area contributed by atoms with Crippen molar-refractivity contribution in [2.24, 2.45) is 0 Å². The van der Waals surface area contributed by atoms with Gasteiger partial charge in [0.2, 0.25) is 0 Å². The molecule has 4 rings (SSSR count). The molecule has 0 unspecified atom stereocenters. The van der Waals surface area contributed by atoms with Gasteiger partial charge in [0.25, 0.3) is 5.91 Å². The predicted octanol–water partition coefficient (Wildman–Crippen LogP) is 3.64. The van der Waals surface area contributed by atoms with Gasteiger partial charge in [-0.05, 0) is 51.0 Å². The molecule has 7 nitrogen and oxygen atoms in total. The third-order valence-corrected chi connectivity index (χ3v) is 6.73. The Labute approximate surface area is 184 Å². The molecular weight excluding hydrogens is 394 g/mol. The fraction of sp³-hybridized carbons (Fsp3) is 0.583. The van der Waals surface area contributed by atoms with Crippen molar-refractivity contribution < 1.29 is 18.8 Å². The molecule has 1 aliphatic carbocycles. The van der Waals surface area contributed by atoms with Gasteiger partial charge in [-0.25, -0.2) is 0 Å². The summed E-state index contributed by atoms with van der Waals surface area (Å²) < 4.78 is 16.6. The summed E-state index contributed by atoms with van der Waals surface area (Å²) in [6, 6.07) is 7.32.